The first kappa shape index (κ1) is 24.2. The summed E-state index contributed by atoms with van der Waals surface area (Å²) in [6, 6.07) is 4.23. The number of hydrogen-bond donors (Lipinski definition) is 0. The van der Waals surface area contributed by atoms with Gasteiger partial charge in [0, 0.05) is 25.6 Å². The van der Waals surface area contributed by atoms with Gasteiger partial charge < -0.3 is 9.64 Å². The smallest absolute Gasteiger partial charge is 0.410 e. The number of halogens is 1. The number of benzene rings is 1. The van der Waals surface area contributed by atoms with Crippen LogP contribution in [0.15, 0.2) is 23.0 Å². The SMILES string of the molecule is CCCC(c1nc2ccc(F)cc2c(=O)n1CC)C1CCCN(C(=O)OC(C)(C)C)CC1. The molecule has 7 heteroatoms. The molecule has 0 radical (unpaired) electrons. The number of nitrogens with zero attached hydrogens (tertiary/aromatic N) is 3. The predicted molar refractivity (Wildman–Crippen MR) is 124 cm³/mol. The van der Waals surface area contributed by atoms with E-state index in [1.54, 1.807) is 15.5 Å². The zero-order valence-corrected chi connectivity index (χ0v) is 20.0. The number of aromatic nitrogens is 2. The van der Waals surface area contributed by atoms with Gasteiger partial charge in [-0.25, -0.2) is 14.2 Å². The van der Waals surface area contributed by atoms with Gasteiger partial charge in [-0.3, -0.25) is 9.36 Å². The Kier molecular flexibility index (Phi) is 7.57. The van der Waals surface area contributed by atoms with E-state index in [0.717, 1.165) is 37.9 Å². The van der Waals surface area contributed by atoms with Gasteiger partial charge in [-0.2, -0.15) is 0 Å². The van der Waals surface area contributed by atoms with E-state index in [-0.39, 0.29) is 17.6 Å². The Labute approximate surface area is 189 Å². The molecular formula is C25H36FN3O3. The molecule has 1 aliphatic rings. The fourth-order valence-electron chi connectivity index (χ4n) is 4.72. The Hall–Kier alpha value is -2.44. The number of amides is 1. The minimum atomic E-state index is -0.515. The lowest BCUT2D eigenvalue weighted by Crippen LogP contribution is -2.37. The first-order valence-corrected chi connectivity index (χ1v) is 11.8. The number of carbonyl (C=O) groups is 1. The van der Waals surface area contributed by atoms with E-state index in [9.17, 15) is 14.0 Å². The largest absolute Gasteiger partial charge is 0.444 e. The van der Waals surface area contributed by atoms with Crippen LogP contribution in [-0.4, -0.2) is 39.2 Å². The van der Waals surface area contributed by atoms with Gasteiger partial charge in [0.25, 0.3) is 5.56 Å². The molecule has 1 saturated heterocycles. The van der Waals surface area contributed by atoms with E-state index in [2.05, 4.69) is 6.92 Å². The quantitative estimate of drug-likeness (QED) is 0.612. The highest BCUT2D eigenvalue weighted by molar-refractivity contribution is 5.77. The van der Waals surface area contributed by atoms with Crippen LogP contribution in [0.25, 0.3) is 10.9 Å². The van der Waals surface area contributed by atoms with Crippen molar-refractivity contribution in [2.24, 2.45) is 5.92 Å². The molecule has 6 nitrogen and oxygen atoms in total. The number of hydrogen-bond acceptors (Lipinski definition) is 4. The lowest BCUT2D eigenvalue weighted by Gasteiger charge is -2.28. The zero-order chi connectivity index (χ0) is 23.5. The van der Waals surface area contributed by atoms with Crippen LogP contribution in [0.1, 0.15) is 78.5 Å². The topological polar surface area (TPSA) is 64.4 Å². The Morgan fingerprint density at radius 2 is 2.00 bits per heavy atom. The molecule has 2 atom stereocenters. The van der Waals surface area contributed by atoms with Crippen LogP contribution in [0.4, 0.5) is 9.18 Å². The van der Waals surface area contributed by atoms with Gasteiger partial charge in [0.15, 0.2) is 0 Å². The molecule has 0 N–H and O–H groups in total. The molecule has 0 saturated carbocycles. The molecule has 1 fully saturated rings. The second kappa shape index (κ2) is 10.0. The van der Waals surface area contributed by atoms with Crippen molar-refractivity contribution >= 4 is 17.0 Å². The molecule has 1 aromatic carbocycles. The molecule has 3 rings (SSSR count). The Morgan fingerprint density at radius 3 is 2.66 bits per heavy atom. The first-order valence-electron chi connectivity index (χ1n) is 11.8. The fourth-order valence-corrected chi connectivity index (χ4v) is 4.72. The van der Waals surface area contributed by atoms with E-state index in [0.29, 0.717) is 36.5 Å². The Bertz CT molecular complexity index is 1010. The van der Waals surface area contributed by atoms with Gasteiger partial charge in [0.05, 0.1) is 10.9 Å². The summed E-state index contributed by atoms with van der Waals surface area (Å²) in [5.41, 5.74) is -0.155. The highest BCUT2D eigenvalue weighted by Gasteiger charge is 2.31. The molecular weight excluding hydrogens is 409 g/mol. The van der Waals surface area contributed by atoms with Crippen LogP contribution in [0.3, 0.4) is 0 Å². The standard InChI is InChI=1S/C25H36FN3O3/c1-6-9-19(17-10-8-14-28(15-13-17)24(31)32-25(3,4)5)22-27-21-12-11-18(26)16-20(21)23(30)29(22)7-2/h11-12,16-17,19H,6-10,13-15H2,1-5H3. The molecule has 1 amide bonds. The van der Waals surface area contributed by atoms with E-state index < -0.39 is 11.4 Å². The molecule has 0 spiro atoms. The van der Waals surface area contributed by atoms with E-state index in [1.807, 2.05) is 27.7 Å². The summed E-state index contributed by atoms with van der Waals surface area (Å²) < 4.78 is 21.0. The normalized spacial score (nSPS) is 18.4. The van der Waals surface area contributed by atoms with E-state index in [4.69, 9.17) is 9.72 Å². The average molecular weight is 446 g/mol. The number of carbonyl (C=O) groups excluding carboxylic acids is 1. The molecule has 1 aromatic heterocycles. The maximum atomic E-state index is 13.8. The Balaban J connectivity index is 1.91. The molecule has 0 aliphatic carbocycles. The van der Waals surface area contributed by atoms with E-state index in [1.165, 1.54) is 12.1 Å². The van der Waals surface area contributed by atoms with Crippen LogP contribution in [0, 0.1) is 11.7 Å². The molecule has 2 aromatic rings. The van der Waals surface area contributed by atoms with Crippen molar-refractivity contribution in [3.63, 3.8) is 0 Å². The molecule has 176 valence electrons. The lowest BCUT2D eigenvalue weighted by atomic mass is 9.82. The minimum absolute atomic E-state index is 0.112. The third-order valence-corrected chi connectivity index (χ3v) is 6.19. The molecule has 1 aliphatic heterocycles. The minimum Gasteiger partial charge on any atom is -0.444 e. The third-order valence-electron chi connectivity index (χ3n) is 6.19. The van der Waals surface area contributed by atoms with Crippen molar-refractivity contribution < 1.29 is 13.9 Å². The second-order valence-corrected chi connectivity index (χ2v) is 9.73. The van der Waals surface area contributed by atoms with Crippen molar-refractivity contribution in [2.45, 2.75) is 84.8 Å². The highest BCUT2D eigenvalue weighted by atomic mass is 19.1. The van der Waals surface area contributed by atoms with Gasteiger partial charge in [-0.05, 0) is 77.5 Å². The average Bonchev–Trinajstić information content (AvgIpc) is 2.97. The number of rotatable bonds is 5. The van der Waals surface area contributed by atoms with Gasteiger partial charge in [0.2, 0.25) is 0 Å². The third kappa shape index (κ3) is 5.48. The Morgan fingerprint density at radius 1 is 1.25 bits per heavy atom. The molecule has 0 bridgehead atoms. The fraction of sp³-hybridized carbons (Fsp3) is 0.640. The van der Waals surface area contributed by atoms with E-state index >= 15 is 0 Å². The first-order chi connectivity index (χ1) is 15.1. The lowest BCUT2D eigenvalue weighted by molar-refractivity contribution is 0.0254. The zero-order valence-electron chi connectivity index (χ0n) is 20.0. The summed E-state index contributed by atoms with van der Waals surface area (Å²) in [5.74, 6) is 0.780. The summed E-state index contributed by atoms with van der Waals surface area (Å²) >= 11 is 0. The van der Waals surface area contributed by atoms with Gasteiger partial charge in [-0.15, -0.1) is 0 Å². The summed E-state index contributed by atoms with van der Waals surface area (Å²) in [5, 5.41) is 0.322. The molecule has 2 heterocycles. The summed E-state index contributed by atoms with van der Waals surface area (Å²) in [7, 11) is 0. The molecule has 32 heavy (non-hydrogen) atoms. The number of likely N-dealkylation sites (tertiary alicyclic amines) is 1. The maximum absolute atomic E-state index is 13.8. The summed E-state index contributed by atoms with van der Waals surface area (Å²) in [4.78, 5) is 32.4. The van der Waals surface area contributed by atoms with Crippen molar-refractivity contribution in [1.82, 2.24) is 14.5 Å². The van der Waals surface area contributed by atoms with Crippen LogP contribution in [-0.2, 0) is 11.3 Å². The summed E-state index contributed by atoms with van der Waals surface area (Å²) in [6.07, 6.45) is 4.31. The van der Waals surface area contributed by atoms with Crippen LogP contribution < -0.4 is 5.56 Å². The van der Waals surface area contributed by atoms with Crippen molar-refractivity contribution in [3.8, 4) is 0 Å². The van der Waals surface area contributed by atoms with Crippen LogP contribution in [0.5, 0.6) is 0 Å². The monoisotopic (exact) mass is 445 g/mol. The number of ether oxygens (including phenoxy) is 1. The van der Waals surface area contributed by atoms with Gasteiger partial charge in [0.1, 0.15) is 17.2 Å². The maximum Gasteiger partial charge on any atom is 0.410 e. The molecule has 2 unspecified atom stereocenters. The highest BCUT2D eigenvalue weighted by Crippen LogP contribution is 2.36. The summed E-state index contributed by atoms with van der Waals surface area (Å²) in [6.45, 7) is 11.5. The van der Waals surface area contributed by atoms with Gasteiger partial charge >= 0.3 is 6.09 Å². The van der Waals surface area contributed by atoms with Gasteiger partial charge in [-0.1, -0.05) is 13.3 Å². The van der Waals surface area contributed by atoms with Crippen molar-refractivity contribution in [3.05, 3.63) is 40.2 Å². The van der Waals surface area contributed by atoms with Crippen LogP contribution >= 0.6 is 0 Å². The van der Waals surface area contributed by atoms with Crippen molar-refractivity contribution in [2.75, 3.05) is 13.1 Å². The predicted octanol–water partition coefficient (Wildman–Crippen LogP) is 5.48. The van der Waals surface area contributed by atoms with Crippen molar-refractivity contribution in [1.29, 1.82) is 0 Å². The van der Waals surface area contributed by atoms with Crippen LogP contribution in [0.2, 0.25) is 0 Å². The second-order valence-electron chi connectivity index (χ2n) is 9.73. The number of fused-ring (bicyclic) bond motifs is 1.